The molecule has 1 aliphatic heterocycles. The molecule has 21 heavy (non-hydrogen) atoms. The molecule has 1 saturated heterocycles. The van der Waals surface area contributed by atoms with Crippen molar-refractivity contribution in [2.45, 2.75) is 58.9 Å². The van der Waals surface area contributed by atoms with E-state index in [0.717, 1.165) is 43.7 Å². The fourth-order valence-corrected chi connectivity index (χ4v) is 3.00. The van der Waals surface area contributed by atoms with Gasteiger partial charge in [0.05, 0.1) is 24.7 Å². The number of carbonyl (C=O) groups excluding carboxylic acids is 1. The average Bonchev–Trinajstić information content (AvgIpc) is 2.78. The van der Waals surface area contributed by atoms with Crippen molar-refractivity contribution in [3.8, 4) is 6.07 Å². The predicted octanol–water partition coefficient (Wildman–Crippen LogP) is 2.36. The van der Waals surface area contributed by atoms with Crippen LogP contribution in [-0.4, -0.2) is 33.7 Å². The van der Waals surface area contributed by atoms with Crippen molar-refractivity contribution in [1.82, 2.24) is 14.7 Å². The fourth-order valence-electron chi connectivity index (χ4n) is 3.00. The van der Waals surface area contributed by atoms with Crippen molar-refractivity contribution < 1.29 is 4.79 Å². The Morgan fingerprint density at radius 3 is 2.67 bits per heavy atom. The van der Waals surface area contributed by atoms with Crippen LogP contribution in [0.3, 0.4) is 0 Å². The number of likely N-dealkylation sites (tertiary alicyclic amines) is 1. The highest BCUT2D eigenvalue weighted by Gasteiger charge is 2.18. The summed E-state index contributed by atoms with van der Waals surface area (Å²) in [5.74, 6) is 0.262. The molecule has 1 fully saturated rings. The summed E-state index contributed by atoms with van der Waals surface area (Å²) in [6.07, 6.45) is 5.29. The first-order chi connectivity index (χ1) is 10.1. The molecule has 2 heterocycles. The largest absolute Gasteiger partial charge is 0.343 e. The number of rotatable bonds is 5. The van der Waals surface area contributed by atoms with Gasteiger partial charge < -0.3 is 4.90 Å². The number of piperidine rings is 1. The van der Waals surface area contributed by atoms with Crippen LogP contribution in [0.1, 0.15) is 49.1 Å². The van der Waals surface area contributed by atoms with Gasteiger partial charge in [-0.2, -0.15) is 10.4 Å². The molecular weight excluding hydrogens is 264 g/mol. The molecular formula is C16H24N4O. The number of hydrogen-bond acceptors (Lipinski definition) is 3. The summed E-state index contributed by atoms with van der Waals surface area (Å²) in [4.78, 5) is 14.2. The lowest BCUT2D eigenvalue weighted by molar-refractivity contribution is -0.132. The lowest BCUT2D eigenvalue weighted by Gasteiger charge is -2.26. The molecule has 0 radical (unpaired) electrons. The lowest BCUT2D eigenvalue weighted by atomic mass is 10.1. The van der Waals surface area contributed by atoms with Crippen molar-refractivity contribution in [3.05, 3.63) is 17.0 Å². The topological polar surface area (TPSA) is 61.9 Å². The van der Waals surface area contributed by atoms with E-state index in [-0.39, 0.29) is 5.91 Å². The molecule has 0 atom stereocenters. The first-order valence-corrected chi connectivity index (χ1v) is 7.81. The van der Waals surface area contributed by atoms with Crippen molar-refractivity contribution >= 4 is 5.91 Å². The Bertz CT molecular complexity index is 535. The molecule has 0 unspecified atom stereocenters. The minimum absolute atomic E-state index is 0.262. The third-order valence-electron chi connectivity index (χ3n) is 4.26. The minimum atomic E-state index is 0.262. The van der Waals surface area contributed by atoms with Gasteiger partial charge in [0.15, 0.2) is 0 Å². The number of carbonyl (C=O) groups is 1. The highest BCUT2D eigenvalue weighted by Crippen LogP contribution is 2.17. The average molecular weight is 288 g/mol. The van der Waals surface area contributed by atoms with Gasteiger partial charge in [-0.25, -0.2) is 0 Å². The van der Waals surface area contributed by atoms with E-state index >= 15 is 0 Å². The molecule has 1 aromatic rings. The van der Waals surface area contributed by atoms with E-state index in [2.05, 4.69) is 11.2 Å². The molecule has 0 aromatic carbocycles. The zero-order valence-corrected chi connectivity index (χ0v) is 13.1. The van der Waals surface area contributed by atoms with Crippen LogP contribution in [-0.2, 0) is 17.8 Å². The van der Waals surface area contributed by atoms with Crippen LogP contribution >= 0.6 is 0 Å². The van der Waals surface area contributed by atoms with Gasteiger partial charge in [-0.15, -0.1) is 0 Å². The quantitative estimate of drug-likeness (QED) is 0.835. The zero-order valence-electron chi connectivity index (χ0n) is 13.1. The fraction of sp³-hybridized carbons (Fsp3) is 0.688. The number of aromatic nitrogens is 2. The van der Waals surface area contributed by atoms with Gasteiger partial charge in [-0.05, 0) is 45.1 Å². The zero-order chi connectivity index (χ0) is 15.2. The number of amides is 1. The summed E-state index contributed by atoms with van der Waals surface area (Å²) < 4.78 is 1.89. The molecule has 5 nitrogen and oxygen atoms in total. The molecule has 0 N–H and O–H groups in total. The van der Waals surface area contributed by atoms with Gasteiger partial charge in [0.25, 0.3) is 0 Å². The molecule has 2 rings (SSSR count). The predicted molar refractivity (Wildman–Crippen MR) is 80.7 cm³/mol. The third kappa shape index (κ3) is 3.84. The maximum absolute atomic E-state index is 12.2. The molecule has 0 aliphatic carbocycles. The molecule has 1 aliphatic rings. The Balaban J connectivity index is 1.94. The van der Waals surface area contributed by atoms with Crippen molar-refractivity contribution in [2.75, 3.05) is 13.1 Å². The molecule has 1 amide bonds. The summed E-state index contributed by atoms with van der Waals surface area (Å²) in [6.45, 7) is 6.47. The van der Waals surface area contributed by atoms with E-state index in [1.807, 2.05) is 23.4 Å². The number of nitriles is 1. The Morgan fingerprint density at radius 2 is 2.00 bits per heavy atom. The maximum atomic E-state index is 12.2. The maximum Gasteiger partial charge on any atom is 0.222 e. The lowest BCUT2D eigenvalue weighted by Crippen LogP contribution is -2.35. The smallest absolute Gasteiger partial charge is 0.222 e. The summed E-state index contributed by atoms with van der Waals surface area (Å²) >= 11 is 0. The van der Waals surface area contributed by atoms with Gasteiger partial charge in [0.2, 0.25) is 5.91 Å². The van der Waals surface area contributed by atoms with Crippen LogP contribution in [0.4, 0.5) is 0 Å². The third-order valence-corrected chi connectivity index (χ3v) is 4.26. The SMILES string of the molecule is Cc1nn(CCC#N)c(C)c1CCC(=O)N1CCCCC1. The molecule has 1 aromatic heterocycles. The van der Waals surface area contributed by atoms with E-state index < -0.39 is 0 Å². The Labute approximate surface area is 126 Å². The van der Waals surface area contributed by atoms with Crippen LogP contribution in [0, 0.1) is 25.2 Å². The monoisotopic (exact) mass is 288 g/mol. The second-order valence-corrected chi connectivity index (χ2v) is 5.72. The van der Waals surface area contributed by atoms with Crippen LogP contribution in [0.5, 0.6) is 0 Å². The second-order valence-electron chi connectivity index (χ2n) is 5.72. The number of hydrogen-bond donors (Lipinski definition) is 0. The van der Waals surface area contributed by atoms with Crippen LogP contribution in [0.15, 0.2) is 0 Å². The van der Waals surface area contributed by atoms with Gasteiger partial charge in [0, 0.05) is 25.2 Å². The van der Waals surface area contributed by atoms with Gasteiger partial charge in [-0.3, -0.25) is 9.48 Å². The van der Waals surface area contributed by atoms with Gasteiger partial charge in [-0.1, -0.05) is 0 Å². The normalized spacial score (nSPS) is 15.0. The van der Waals surface area contributed by atoms with Crippen LogP contribution in [0.2, 0.25) is 0 Å². The Kier molecular flexibility index (Phi) is 5.38. The van der Waals surface area contributed by atoms with Crippen molar-refractivity contribution in [1.29, 1.82) is 5.26 Å². The minimum Gasteiger partial charge on any atom is -0.343 e. The molecule has 5 heteroatoms. The summed E-state index contributed by atoms with van der Waals surface area (Å²) in [5, 5.41) is 13.2. The van der Waals surface area contributed by atoms with E-state index in [0.29, 0.717) is 19.4 Å². The van der Waals surface area contributed by atoms with Crippen molar-refractivity contribution in [2.24, 2.45) is 0 Å². The first-order valence-electron chi connectivity index (χ1n) is 7.81. The molecule has 0 saturated carbocycles. The Morgan fingerprint density at radius 1 is 1.29 bits per heavy atom. The summed E-state index contributed by atoms with van der Waals surface area (Å²) in [7, 11) is 0. The van der Waals surface area contributed by atoms with E-state index in [1.54, 1.807) is 0 Å². The first kappa shape index (κ1) is 15.6. The van der Waals surface area contributed by atoms with Gasteiger partial charge in [0.1, 0.15) is 0 Å². The summed E-state index contributed by atoms with van der Waals surface area (Å²) in [6, 6.07) is 2.14. The van der Waals surface area contributed by atoms with E-state index in [4.69, 9.17) is 5.26 Å². The molecule has 114 valence electrons. The molecule has 0 spiro atoms. The highest BCUT2D eigenvalue weighted by atomic mass is 16.2. The Hall–Kier alpha value is -1.83. The van der Waals surface area contributed by atoms with E-state index in [9.17, 15) is 4.79 Å². The highest BCUT2D eigenvalue weighted by molar-refractivity contribution is 5.76. The van der Waals surface area contributed by atoms with Gasteiger partial charge >= 0.3 is 0 Å². The summed E-state index contributed by atoms with van der Waals surface area (Å²) in [5.41, 5.74) is 3.24. The second kappa shape index (κ2) is 7.26. The molecule has 0 bridgehead atoms. The van der Waals surface area contributed by atoms with Crippen molar-refractivity contribution in [3.63, 3.8) is 0 Å². The number of nitrogens with zero attached hydrogens (tertiary/aromatic N) is 4. The standard InChI is InChI=1S/C16H24N4O/c1-13-15(14(2)20(18-13)12-6-9-17)7-8-16(21)19-10-4-3-5-11-19/h3-8,10-12H2,1-2H3. The van der Waals surface area contributed by atoms with E-state index in [1.165, 1.54) is 12.0 Å². The van der Waals surface area contributed by atoms with Crippen LogP contribution < -0.4 is 0 Å². The van der Waals surface area contributed by atoms with Crippen LogP contribution in [0.25, 0.3) is 0 Å². The number of aryl methyl sites for hydroxylation is 2.